The van der Waals surface area contributed by atoms with Gasteiger partial charge in [0.25, 0.3) is 5.56 Å². The number of aromatic nitrogens is 2. The molecule has 3 aromatic rings. The fraction of sp³-hybridized carbons (Fsp3) is 0.150. The fourth-order valence-corrected chi connectivity index (χ4v) is 2.89. The first kappa shape index (κ1) is 19.5. The summed E-state index contributed by atoms with van der Waals surface area (Å²) in [7, 11) is 0. The van der Waals surface area contributed by atoms with Crippen LogP contribution in [0.4, 0.5) is 10.1 Å². The Morgan fingerprint density at radius 2 is 2.00 bits per heavy atom. The SMILES string of the molecule is CCOc1ccc(-n2c(O)c(C=Nc3cc(F)ccc3C)c(=O)[nH]c2=S)cc1. The van der Waals surface area contributed by atoms with Gasteiger partial charge in [-0.3, -0.25) is 19.3 Å². The van der Waals surface area contributed by atoms with E-state index in [1.165, 1.54) is 22.9 Å². The fourth-order valence-electron chi connectivity index (χ4n) is 2.61. The van der Waals surface area contributed by atoms with Crippen LogP contribution < -0.4 is 10.3 Å². The second kappa shape index (κ2) is 8.18. The first-order valence-corrected chi connectivity index (χ1v) is 8.93. The van der Waals surface area contributed by atoms with Crippen LogP contribution in [-0.2, 0) is 0 Å². The van der Waals surface area contributed by atoms with E-state index in [-0.39, 0.29) is 16.2 Å². The molecule has 0 saturated heterocycles. The van der Waals surface area contributed by atoms with Crippen molar-refractivity contribution in [2.24, 2.45) is 4.99 Å². The zero-order valence-corrected chi connectivity index (χ0v) is 16.1. The first-order chi connectivity index (χ1) is 13.4. The van der Waals surface area contributed by atoms with Gasteiger partial charge in [-0.05, 0) is 68.0 Å². The number of aryl methyl sites for hydroxylation is 1. The van der Waals surface area contributed by atoms with E-state index in [1.54, 1.807) is 37.3 Å². The molecule has 0 spiro atoms. The maximum atomic E-state index is 13.4. The number of aliphatic imine (C=N–C) groups is 1. The Morgan fingerprint density at radius 3 is 2.68 bits per heavy atom. The molecule has 0 fully saturated rings. The van der Waals surface area contributed by atoms with Crippen LogP contribution in [0.1, 0.15) is 18.1 Å². The molecular formula is C20H18FN3O3S. The third kappa shape index (κ3) is 4.01. The smallest absolute Gasteiger partial charge is 0.264 e. The molecule has 2 aromatic carbocycles. The van der Waals surface area contributed by atoms with Gasteiger partial charge in [0.15, 0.2) is 4.77 Å². The van der Waals surface area contributed by atoms with E-state index in [2.05, 4.69) is 9.98 Å². The van der Waals surface area contributed by atoms with Gasteiger partial charge in [-0.15, -0.1) is 0 Å². The van der Waals surface area contributed by atoms with E-state index in [4.69, 9.17) is 17.0 Å². The molecular weight excluding hydrogens is 381 g/mol. The van der Waals surface area contributed by atoms with E-state index in [0.29, 0.717) is 23.7 Å². The summed E-state index contributed by atoms with van der Waals surface area (Å²) in [5.74, 6) is -0.137. The molecule has 0 bridgehead atoms. The summed E-state index contributed by atoms with van der Waals surface area (Å²) in [5, 5.41) is 10.7. The third-order valence-electron chi connectivity index (χ3n) is 4.03. The zero-order chi connectivity index (χ0) is 20.3. The molecule has 6 nitrogen and oxygen atoms in total. The number of halogens is 1. The van der Waals surface area contributed by atoms with Crippen molar-refractivity contribution in [1.29, 1.82) is 0 Å². The molecule has 144 valence electrons. The topological polar surface area (TPSA) is 79.6 Å². The van der Waals surface area contributed by atoms with E-state index in [9.17, 15) is 14.3 Å². The number of nitrogens with zero attached hydrogens (tertiary/aromatic N) is 2. The van der Waals surface area contributed by atoms with Crippen molar-refractivity contribution < 1.29 is 14.2 Å². The number of H-pyrrole nitrogens is 1. The van der Waals surface area contributed by atoms with Crippen LogP contribution in [0.5, 0.6) is 11.6 Å². The van der Waals surface area contributed by atoms with Crippen LogP contribution in [0.25, 0.3) is 5.69 Å². The minimum Gasteiger partial charge on any atom is -0.494 e. The van der Waals surface area contributed by atoms with Gasteiger partial charge in [-0.25, -0.2) is 4.39 Å². The molecule has 1 aromatic heterocycles. The minimum absolute atomic E-state index is 0.0331. The highest BCUT2D eigenvalue weighted by atomic mass is 32.1. The van der Waals surface area contributed by atoms with Crippen molar-refractivity contribution in [3.8, 4) is 17.3 Å². The van der Waals surface area contributed by atoms with E-state index in [1.807, 2.05) is 6.92 Å². The van der Waals surface area contributed by atoms with Crippen LogP contribution in [0.3, 0.4) is 0 Å². The quantitative estimate of drug-likeness (QED) is 0.498. The van der Waals surface area contributed by atoms with Crippen molar-refractivity contribution in [3.05, 3.63) is 74.5 Å². The summed E-state index contributed by atoms with van der Waals surface area (Å²) in [6, 6.07) is 11.0. The Morgan fingerprint density at radius 1 is 1.29 bits per heavy atom. The Hall–Kier alpha value is -3.26. The van der Waals surface area contributed by atoms with Crippen molar-refractivity contribution in [1.82, 2.24) is 9.55 Å². The summed E-state index contributed by atoms with van der Waals surface area (Å²) in [6.07, 6.45) is 1.19. The van der Waals surface area contributed by atoms with E-state index in [0.717, 1.165) is 5.56 Å². The summed E-state index contributed by atoms with van der Waals surface area (Å²) >= 11 is 5.19. The summed E-state index contributed by atoms with van der Waals surface area (Å²) in [6.45, 7) is 4.18. The molecule has 0 saturated carbocycles. The van der Waals surface area contributed by atoms with Gasteiger partial charge in [0.05, 0.1) is 18.0 Å². The lowest BCUT2D eigenvalue weighted by Gasteiger charge is -2.12. The van der Waals surface area contributed by atoms with Crippen LogP contribution in [0, 0.1) is 17.5 Å². The molecule has 0 aliphatic carbocycles. The molecule has 2 N–H and O–H groups in total. The van der Waals surface area contributed by atoms with Crippen LogP contribution in [-0.4, -0.2) is 27.5 Å². The summed E-state index contributed by atoms with van der Waals surface area (Å²) < 4.78 is 20.2. The molecule has 8 heteroatoms. The van der Waals surface area contributed by atoms with Gasteiger partial charge in [0.2, 0.25) is 5.88 Å². The number of ether oxygens (including phenoxy) is 1. The zero-order valence-electron chi connectivity index (χ0n) is 15.3. The molecule has 0 aliphatic rings. The monoisotopic (exact) mass is 399 g/mol. The number of rotatable bonds is 5. The lowest BCUT2D eigenvalue weighted by molar-refractivity contribution is 0.340. The van der Waals surface area contributed by atoms with Gasteiger partial charge < -0.3 is 9.84 Å². The van der Waals surface area contributed by atoms with Crippen molar-refractivity contribution in [2.45, 2.75) is 13.8 Å². The number of aromatic hydroxyl groups is 1. The Bertz CT molecular complexity index is 1150. The van der Waals surface area contributed by atoms with Gasteiger partial charge in [-0.2, -0.15) is 0 Å². The Balaban J connectivity index is 2.07. The van der Waals surface area contributed by atoms with Gasteiger partial charge >= 0.3 is 0 Å². The number of nitrogens with one attached hydrogen (secondary N) is 1. The Labute approximate surface area is 165 Å². The lowest BCUT2D eigenvalue weighted by Crippen LogP contribution is -2.18. The van der Waals surface area contributed by atoms with Crippen molar-refractivity contribution in [3.63, 3.8) is 0 Å². The van der Waals surface area contributed by atoms with Gasteiger partial charge in [-0.1, -0.05) is 6.07 Å². The number of benzene rings is 2. The first-order valence-electron chi connectivity index (χ1n) is 8.52. The van der Waals surface area contributed by atoms with Gasteiger partial charge in [0.1, 0.15) is 17.1 Å². The maximum Gasteiger partial charge on any atom is 0.264 e. The largest absolute Gasteiger partial charge is 0.494 e. The lowest BCUT2D eigenvalue weighted by atomic mass is 10.2. The van der Waals surface area contributed by atoms with E-state index < -0.39 is 11.4 Å². The highest BCUT2D eigenvalue weighted by Crippen LogP contribution is 2.23. The summed E-state index contributed by atoms with van der Waals surface area (Å²) in [5.41, 5.74) is 0.939. The predicted molar refractivity (Wildman–Crippen MR) is 108 cm³/mol. The van der Waals surface area contributed by atoms with Crippen LogP contribution >= 0.6 is 12.2 Å². The van der Waals surface area contributed by atoms with Crippen LogP contribution in [0.15, 0.2) is 52.3 Å². The molecule has 0 amide bonds. The average molecular weight is 399 g/mol. The molecule has 0 atom stereocenters. The maximum absolute atomic E-state index is 13.4. The molecule has 28 heavy (non-hydrogen) atoms. The minimum atomic E-state index is -0.595. The van der Waals surface area contributed by atoms with Crippen LogP contribution in [0.2, 0.25) is 0 Å². The van der Waals surface area contributed by atoms with Crippen molar-refractivity contribution >= 4 is 24.1 Å². The number of hydrogen-bond donors (Lipinski definition) is 2. The predicted octanol–water partition coefficient (Wildman–Crippen LogP) is 4.20. The standard InChI is InChI=1S/C20H18FN3O3S/c1-3-27-15-8-6-14(7-9-15)24-19(26)16(18(25)23-20(24)28)11-22-17-10-13(21)5-4-12(17)2/h4-11,26H,3H2,1-2H3,(H,23,25,28). The second-order valence-corrected chi connectivity index (χ2v) is 6.33. The highest BCUT2D eigenvalue weighted by Gasteiger charge is 2.13. The molecule has 1 heterocycles. The average Bonchev–Trinajstić information content (AvgIpc) is 2.65. The molecule has 0 radical (unpaired) electrons. The Kier molecular flexibility index (Phi) is 5.70. The molecule has 3 rings (SSSR count). The van der Waals surface area contributed by atoms with Crippen molar-refractivity contribution in [2.75, 3.05) is 6.61 Å². The number of hydrogen-bond acceptors (Lipinski definition) is 5. The molecule has 0 unspecified atom stereocenters. The normalized spacial score (nSPS) is 11.1. The van der Waals surface area contributed by atoms with Gasteiger partial charge in [0, 0.05) is 6.21 Å². The number of aromatic amines is 1. The van der Waals surface area contributed by atoms with E-state index >= 15 is 0 Å². The summed E-state index contributed by atoms with van der Waals surface area (Å²) in [4.78, 5) is 18.9. The second-order valence-electron chi connectivity index (χ2n) is 5.95. The molecule has 0 aliphatic heterocycles. The third-order valence-corrected chi connectivity index (χ3v) is 4.32. The highest BCUT2D eigenvalue weighted by molar-refractivity contribution is 7.71.